The van der Waals surface area contributed by atoms with E-state index in [9.17, 15) is 4.79 Å². The van der Waals surface area contributed by atoms with Gasteiger partial charge < -0.3 is 9.64 Å². The van der Waals surface area contributed by atoms with Gasteiger partial charge in [-0.25, -0.2) is 4.68 Å². The molecular formula is C25H29N5O2. The van der Waals surface area contributed by atoms with Crippen LogP contribution >= 0.6 is 0 Å². The van der Waals surface area contributed by atoms with Crippen molar-refractivity contribution in [2.75, 3.05) is 32.8 Å². The van der Waals surface area contributed by atoms with Crippen LogP contribution in [0.3, 0.4) is 0 Å². The number of amides is 1. The highest BCUT2D eigenvalue weighted by molar-refractivity contribution is 5.93. The molecular weight excluding hydrogens is 402 g/mol. The summed E-state index contributed by atoms with van der Waals surface area (Å²) in [5.41, 5.74) is 3.71. The molecule has 0 spiro atoms. The molecule has 0 bridgehead atoms. The highest BCUT2D eigenvalue weighted by Crippen LogP contribution is 2.42. The Morgan fingerprint density at radius 1 is 1.00 bits per heavy atom. The highest BCUT2D eigenvalue weighted by Gasteiger charge is 2.36. The molecule has 2 fully saturated rings. The van der Waals surface area contributed by atoms with E-state index < -0.39 is 0 Å². The molecule has 166 valence electrons. The van der Waals surface area contributed by atoms with Gasteiger partial charge in [0.2, 0.25) is 0 Å². The zero-order valence-corrected chi connectivity index (χ0v) is 18.5. The summed E-state index contributed by atoms with van der Waals surface area (Å²) in [5.74, 6) is 1.29. The van der Waals surface area contributed by atoms with Gasteiger partial charge in [-0.05, 0) is 49.6 Å². The van der Waals surface area contributed by atoms with Gasteiger partial charge in [0.25, 0.3) is 5.91 Å². The minimum atomic E-state index is 0.00907. The first kappa shape index (κ1) is 20.7. The Kier molecular flexibility index (Phi) is 5.90. The van der Waals surface area contributed by atoms with Crippen LogP contribution in [0, 0.1) is 0 Å². The van der Waals surface area contributed by atoms with Crippen LogP contribution < -0.4 is 4.74 Å². The van der Waals surface area contributed by atoms with Crippen LogP contribution in [0.4, 0.5) is 0 Å². The molecule has 2 aliphatic rings. The van der Waals surface area contributed by atoms with Gasteiger partial charge in [0.15, 0.2) is 5.69 Å². The van der Waals surface area contributed by atoms with Crippen LogP contribution in [0.15, 0.2) is 54.6 Å². The third kappa shape index (κ3) is 4.39. The van der Waals surface area contributed by atoms with Gasteiger partial charge in [-0.2, -0.15) is 0 Å². The number of carbonyl (C=O) groups is 1. The van der Waals surface area contributed by atoms with Crippen molar-refractivity contribution in [1.29, 1.82) is 0 Å². The first-order valence-electron chi connectivity index (χ1n) is 11.5. The van der Waals surface area contributed by atoms with E-state index in [1.807, 2.05) is 59.0 Å². The van der Waals surface area contributed by atoms with Crippen molar-refractivity contribution in [3.63, 3.8) is 0 Å². The lowest BCUT2D eigenvalue weighted by atomic mass is 10.1. The predicted molar refractivity (Wildman–Crippen MR) is 122 cm³/mol. The molecule has 1 saturated heterocycles. The lowest BCUT2D eigenvalue weighted by Crippen LogP contribution is -2.48. The van der Waals surface area contributed by atoms with Crippen molar-refractivity contribution in [2.45, 2.75) is 32.2 Å². The normalized spacial score (nSPS) is 16.8. The van der Waals surface area contributed by atoms with Crippen LogP contribution in [-0.4, -0.2) is 63.5 Å². The number of piperazine rings is 1. The Bertz CT molecular complexity index is 1050. The molecule has 2 aromatic carbocycles. The van der Waals surface area contributed by atoms with E-state index in [0.717, 1.165) is 49.6 Å². The number of ether oxygens (including phenoxy) is 1. The maximum absolute atomic E-state index is 13.3. The maximum atomic E-state index is 13.3. The molecule has 1 aliphatic heterocycles. The zero-order chi connectivity index (χ0) is 21.9. The largest absolute Gasteiger partial charge is 0.494 e. The highest BCUT2D eigenvalue weighted by atomic mass is 16.5. The van der Waals surface area contributed by atoms with E-state index in [4.69, 9.17) is 4.74 Å². The molecule has 32 heavy (non-hydrogen) atoms. The molecule has 7 nitrogen and oxygen atoms in total. The number of benzene rings is 2. The molecule has 0 atom stereocenters. The lowest BCUT2D eigenvalue weighted by Gasteiger charge is -2.34. The van der Waals surface area contributed by atoms with Gasteiger partial charge in [-0.3, -0.25) is 9.69 Å². The van der Waals surface area contributed by atoms with Crippen molar-refractivity contribution in [1.82, 2.24) is 24.8 Å². The lowest BCUT2D eigenvalue weighted by molar-refractivity contribution is 0.0621. The van der Waals surface area contributed by atoms with E-state index in [-0.39, 0.29) is 5.91 Å². The number of para-hydroxylation sites is 1. The molecule has 1 saturated carbocycles. The Labute approximate surface area is 188 Å². The fraction of sp³-hybridized carbons (Fsp3) is 0.400. The van der Waals surface area contributed by atoms with Gasteiger partial charge in [0.1, 0.15) is 5.75 Å². The van der Waals surface area contributed by atoms with E-state index in [0.29, 0.717) is 31.3 Å². The summed E-state index contributed by atoms with van der Waals surface area (Å²) in [6.45, 7) is 6.67. The standard InChI is InChI=1S/C25H29N5O2/c1-2-32-22-12-8-19(9-13-22)18-28-14-16-29(17-15-28)25(31)23-24(20-10-11-20)30(27-26-23)21-6-4-3-5-7-21/h3-9,12-13,20H,2,10-11,14-18H2,1H3. The van der Waals surface area contributed by atoms with E-state index in [2.05, 4.69) is 27.3 Å². The van der Waals surface area contributed by atoms with Gasteiger partial charge in [-0.1, -0.05) is 35.5 Å². The third-order valence-corrected chi connectivity index (χ3v) is 6.17. The number of rotatable bonds is 7. The molecule has 0 unspecified atom stereocenters. The zero-order valence-electron chi connectivity index (χ0n) is 18.5. The maximum Gasteiger partial charge on any atom is 0.276 e. The van der Waals surface area contributed by atoms with E-state index >= 15 is 0 Å². The molecule has 5 rings (SSSR count). The monoisotopic (exact) mass is 431 g/mol. The summed E-state index contributed by atoms with van der Waals surface area (Å²) < 4.78 is 7.38. The van der Waals surface area contributed by atoms with Gasteiger partial charge >= 0.3 is 0 Å². The first-order valence-corrected chi connectivity index (χ1v) is 11.5. The number of aromatic nitrogens is 3. The molecule has 1 aromatic heterocycles. The first-order chi connectivity index (χ1) is 15.7. The van der Waals surface area contributed by atoms with Gasteiger partial charge in [-0.15, -0.1) is 5.10 Å². The summed E-state index contributed by atoms with van der Waals surface area (Å²) in [6.07, 6.45) is 2.19. The summed E-state index contributed by atoms with van der Waals surface area (Å²) in [5, 5.41) is 8.69. The number of hydrogen-bond donors (Lipinski definition) is 0. The smallest absolute Gasteiger partial charge is 0.276 e. The van der Waals surface area contributed by atoms with E-state index in [1.54, 1.807) is 0 Å². The second-order valence-electron chi connectivity index (χ2n) is 8.49. The average molecular weight is 432 g/mol. The Morgan fingerprint density at radius 2 is 1.72 bits per heavy atom. The Morgan fingerprint density at radius 3 is 2.38 bits per heavy atom. The molecule has 7 heteroatoms. The minimum absolute atomic E-state index is 0.00907. The summed E-state index contributed by atoms with van der Waals surface area (Å²) in [4.78, 5) is 17.7. The summed E-state index contributed by atoms with van der Waals surface area (Å²) in [7, 11) is 0. The third-order valence-electron chi connectivity index (χ3n) is 6.17. The van der Waals surface area contributed by atoms with Crippen LogP contribution in [0.5, 0.6) is 5.75 Å². The average Bonchev–Trinajstić information content (AvgIpc) is 3.59. The predicted octanol–water partition coefficient (Wildman–Crippen LogP) is 3.50. The van der Waals surface area contributed by atoms with Crippen molar-refractivity contribution in [3.8, 4) is 11.4 Å². The van der Waals surface area contributed by atoms with E-state index in [1.165, 1.54) is 5.56 Å². The number of hydrogen-bond acceptors (Lipinski definition) is 5. The molecule has 0 N–H and O–H groups in total. The van der Waals surface area contributed by atoms with Gasteiger partial charge in [0.05, 0.1) is 18.0 Å². The number of nitrogens with zero attached hydrogens (tertiary/aromatic N) is 5. The Balaban J connectivity index is 1.24. The van der Waals surface area contributed by atoms with Crippen molar-refractivity contribution < 1.29 is 9.53 Å². The Hall–Kier alpha value is -3.19. The summed E-state index contributed by atoms with van der Waals surface area (Å²) >= 11 is 0. The van der Waals surface area contributed by atoms with Gasteiger partial charge in [0, 0.05) is 38.6 Å². The fourth-order valence-electron chi connectivity index (χ4n) is 4.30. The van der Waals surface area contributed by atoms with Crippen molar-refractivity contribution in [3.05, 3.63) is 71.5 Å². The fourth-order valence-corrected chi connectivity index (χ4v) is 4.30. The van der Waals surface area contributed by atoms with Crippen LogP contribution in [0.2, 0.25) is 0 Å². The molecule has 1 aliphatic carbocycles. The van der Waals surface area contributed by atoms with Crippen molar-refractivity contribution >= 4 is 5.91 Å². The topological polar surface area (TPSA) is 63.5 Å². The van der Waals surface area contributed by atoms with Crippen LogP contribution in [0.25, 0.3) is 5.69 Å². The van der Waals surface area contributed by atoms with Crippen LogP contribution in [-0.2, 0) is 6.54 Å². The molecule has 1 amide bonds. The minimum Gasteiger partial charge on any atom is -0.494 e. The molecule has 0 radical (unpaired) electrons. The second-order valence-corrected chi connectivity index (χ2v) is 8.49. The quantitative estimate of drug-likeness (QED) is 0.573. The summed E-state index contributed by atoms with van der Waals surface area (Å²) in [6, 6.07) is 18.2. The molecule has 3 aromatic rings. The molecule has 2 heterocycles. The number of carbonyl (C=O) groups excluding carboxylic acids is 1. The van der Waals surface area contributed by atoms with Crippen molar-refractivity contribution in [2.24, 2.45) is 0 Å². The van der Waals surface area contributed by atoms with Crippen LogP contribution in [0.1, 0.15) is 47.4 Å². The second kappa shape index (κ2) is 9.12. The SMILES string of the molecule is CCOc1ccc(CN2CCN(C(=O)c3nnn(-c4ccccc4)c3C3CC3)CC2)cc1.